The number of aryl methyl sites for hydroxylation is 1. The number of para-hydroxylation sites is 1. The Morgan fingerprint density at radius 3 is 1.92 bits per heavy atom. The van der Waals surface area contributed by atoms with Crippen LogP contribution in [0.3, 0.4) is 0 Å². The molecule has 0 aromatic heterocycles. The summed E-state index contributed by atoms with van der Waals surface area (Å²) in [6, 6.07) is 26.1. The number of amides is 1. The van der Waals surface area contributed by atoms with Crippen molar-refractivity contribution < 1.29 is 9.69 Å². The van der Waals surface area contributed by atoms with Crippen LogP contribution in [0.15, 0.2) is 78.9 Å². The molecule has 2 N–H and O–H groups in total. The van der Waals surface area contributed by atoms with Crippen LogP contribution in [0.25, 0.3) is 0 Å². The summed E-state index contributed by atoms with van der Waals surface area (Å²) in [5.74, 6) is -0.0805. The van der Waals surface area contributed by atoms with Crippen LogP contribution >= 0.6 is 0 Å². The molecule has 3 rings (SSSR count). The van der Waals surface area contributed by atoms with Crippen LogP contribution in [0.4, 0.5) is 5.69 Å². The van der Waals surface area contributed by atoms with Crippen LogP contribution in [-0.4, -0.2) is 13.0 Å². The van der Waals surface area contributed by atoms with E-state index in [4.69, 9.17) is 0 Å². The summed E-state index contributed by atoms with van der Waals surface area (Å²) in [5, 5.41) is 2.91. The highest BCUT2D eigenvalue weighted by molar-refractivity contribution is 6.04. The summed E-state index contributed by atoms with van der Waals surface area (Å²) in [4.78, 5) is 13.7. The first kappa shape index (κ1) is 17.9. The standard InChI is InChI=1S/C23H24N2O/c1-18-8-10-19(11-9-18)16-25(2)17-20-12-14-21(15-13-20)23(26)24-22-6-4-3-5-7-22/h3-15H,16-17H2,1-2H3,(H,24,26)/p+1. The summed E-state index contributed by atoms with van der Waals surface area (Å²) in [6.45, 7) is 4.01. The first-order chi connectivity index (χ1) is 12.6. The molecule has 132 valence electrons. The Morgan fingerprint density at radius 1 is 0.808 bits per heavy atom. The molecular formula is C23H25N2O+. The lowest BCUT2D eigenvalue weighted by molar-refractivity contribution is -0.907. The van der Waals surface area contributed by atoms with Crippen molar-refractivity contribution in [3.05, 3.63) is 101 Å². The molecule has 3 aromatic carbocycles. The normalized spacial score (nSPS) is 11.8. The van der Waals surface area contributed by atoms with Crippen LogP contribution in [-0.2, 0) is 13.1 Å². The molecule has 3 aromatic rings. The average Bonchev–Trinajstić information content (AvgIpc) is 2.65. The molecule has 0 fully saturated rings. The zero-order chi connectivity index (χ0) is 18.4. The SMILES string of the molecule is Cc1ccc(C[NH+](C)Cc2ccc(C(=O)Nc3ccccc3)cc2)cc1. The van der Waals surface area contributed by atoms with E-state index < -0.39 is 0 Å². The summed E-state index contributed by atoms with van der Waals surface area (Å²) in [7, 11) is 2.19. The fourth-order valence-corrected chi connectivity index (χ4v) is 2.96. The zero-order valence-electron chi connectivity index (χ0n) is 15.3. The van der Waals surface area contributed by atoms with Crippen molar-refractivity contribution in [1.82, 2.24) is 0 Å². The number of carbonyl (C=O) groups is 1. The highest BCUT2D eigenvalue weighted by Gasteiger charge is 2.08. The van der Waals surface area contributed by atoms with Gasteiger partial charge in [-0.2, -0.15) is 0 Å². The van der Waals surface area contributed by atoms with Gasteiger partial charge in [-0.3, -0.25) is 4.79 Å². The molecule has 0 aliphatic heterocycles. The van der Waals surface area contributed by atoms with Crippen molar-refractivity contribution in [2.45, 2.75) is 20.0 Å². The van der Waals surface area contributed by atoms with Crippen LogP contribution in [0, 0.1) is 6.92 Å². The second-order valence-corrected chi connectivity index (χ2v) is 6.81. The Bertz CT molecular complexity index is 840. The van der Waals surface area contributed by atoms with E-state index in [9.17, 15) is 4.79 Å². The summed E-state index contributed by atoms with van der Waals surface area (Å²) >= 11 is 0. The maximum atomic E-state index is 12.3. The second-order valence-electron chi connectivity index (χ2n) is 6.81. The topological polar surface area (TPSA) is 33.5 Å². The molecule has 1 unspecified atom stereocenters. The van der Waals surface area contributed by atoms with Gasteiger partial charge in [-0.25, -0.2) is 0 Å². The van der Waals surface area contributed by atoms with Gasteiger partial charge in [0.1, 0.15) is 13.1 Å². The molecule has 1 atom stereocenters. The minimum absolute atomic E-state index is 0.0805. The third kappa shape index (κ3) is 5.04. The maximum absolute atomic E-state index is 12.3. The fraction of sp³-hybridized carbons (Fsp3) is 0.174. The monoisotopic (exact) mass is 345 g/mol. The first-order valence-electron chi connectivity index (χ1n) is 8.92. The van der Waals surface area contributed by atoms with Crippen molar-refractivity contribution >= 4 is 11.6 Å². The molecule has 0 spiro atoms. The molecule has 3 nitrogen and oxygen atoms in total. The van der Waals surface area contributed by atoms with E-state index in [1.165, 1.54) is 21.6 Å². The molecular weight excluding hydrogens is 320 g/mol. The van der Waals surface area contributed by atoms with Crippen molar-refractivity contribution in [3.8, 4) is 0 Å². The lowest BCUT2D eigenvalue weighted by Gasteiger charge is -2.14. The number of carbonyl (C=O) groups excluding carboxylic acids is 1. The zero-order valence-corrected chi connectivity index (χ0v) is 15.3. The Balaban J connectivity index is 1.56. The Kier molecular flexibility index (Phi) is 5.82. The highest BCUT2D eigenvalue weighted by atomic mass is 16.1. The van der Waals surface area contributed by atoms with Gasteiger partial charge in [-0.1, -0.05) is 60.2 Å². The smallest absolute Gasteiger partial charge is 0.255 e. The minimum Gasteiger partial charge on any atom is -0.330 e. The number of hydrogen-bond acceptors (Lipinski definition) is 1. The number of quaternary nitrogens is 1. The van der Waals surface area contributed by atoms with Crippen LogP contribution < -0.4 is 10.2 Å². The molecule has 0 saturated heterocycles. The van der Waals surface area contributed by atoms with E-state index in [0.717, 1.165) is 18.8 Å². The van der Waals surface area contributed by atoms with E-state index in [-0.39, 0.29) is 5.91 Å². The summed E-state index contributed by atoms with van der Waals surface area (Å²) in [6.07, 6.45) is 0. The van der Waals surface area contributed by atoms with Gasteiger partial charge in [0.05, 0.1) is 7.05 Å². The lowest BCUT2D eigenvalue weighted by atomic mass is 10.1. The number of hydrogen-bond donors (Lipinski definition) is 2. The highest BCUT2D eigenvalue weighted by Crippen LogP contribution is 2.10. The predicted octanol–water partition coefficient (Wildman–Crippen LogP) is 3.46. The molecule has 0 aliphatic rings. The van der Waals surface area contributed by atoms with Crippen molar-refractivity contribution in [2.24, 2.45) is 0 Å². The number of anilines is 1. The third-order valence-corrected chi connectivity index (χ3v) is 4.38. The van der Waals surface area contributed by atoms with Crippen molar-refractivity contribution in [2.75, 3.05) is 12.4 Å². The van der Waals surface area contributed by atoms with Gasteiger partial charge >= 0.3 is 0 Å². The average molecular weight is 345 g/mol. The van der Waals surface area contributed by atoms with Crippen LogP contribution in [0.2, 0.25) is 0 Å². The van der Waals surface area contributed by atoms with Crippen molar-refractivity contribution in [1.29, 1.82) is 0 Å². The number of nitrogens with one attached hydrogen (secondary N) is 2. The lowest BCUT2D eigenvalue weighted by Crippen LogP contribution is -3.06. The molecule has 0 aliphatic carbocycles. The van der Waals surface area contributed by atoms with Gasteiger partial charge in [0.15, 0.2) is 0 Å². The summed E-state index contributed by atoms with van der Waals surface area (Å²) < 4.78 is 0. The van der Waals surface area contributed by atoms with Gasteiger partial charge < -0.3 is 10.2 Å². The molecule has 0 bridgehead atoms. The molecule has 26 heavy (non-hydrogen) atoms. The van der Waals surface area contributed by atoms with Gasteiger partial charge in [-0.15, -0.1) is 0 Å². The fourth-order valence-electron chi connectivity index (χ4n) is 2.96. The van der Waals surface area contributed by atoms with Crippen molar-refractivity contribution in [3.63, 3.8) is 0 Å². The van der Waals surface area contributed by atoms with Gasteiger partial charge in [0.25, 0.3) is 5.91 Å². The number of rotatable bonds is 6. The van der Waals surface area contributed by atoms with E-state index in [1.54, 1.807) is 0 Å². The van der Waals surface area contributed by atoms with Gasteiger partial charge in [0, 0.05) is 22.4 Å². The maximum Gasteiger partial charge on any atom is 0.255 e. The van der Waals surface area contributed by atoms with E-state index >= 15 is 0 Å². The van der Waals surface area contributed by atoms with E-state index in [2.05, 4.69) is 43.6 Å². The quantitative estimate of drug-likeness (QED) is 0.705. The predicted molar refractivity (Wildman–Crippen MR) is 106 cm³/mol. The molecule has 0 radical (unpaired) electrons. The number of benzene rings is 3. The minimum atomic E-state index is -0.0805. The van der Waals surface area contributed by atoms with Gasteiger partial charge in [0.2, 0.25) is 0 Å². The van der Waals surface area contributed by atoms with E-state index in [1.807, 2.05) is 54.6 Å². The van der Waals surface area contributed by atoms with E-state index in [0.29, 0.717) is 5.56 Å². The largest absolute Gasteiger partial charge is 0.330 e. The molecule has 0 saturated carbocycles. The summed E-state index contributed by atoms with van der Waals surface area (Å²) in [5.41, 5.74) is 5.34. The second kappa shape index (κ2) is 8.45. The molecule has 0 heterocycles. The third-order valence-electron chi connectivity index (χ3n) is 4.38. The Morgan fingerprint density at radius 2 is 1.35 bits per heavy atom. The van der Waals surface area contributed by atoms with Gasteiger partial charge in [-0.05, 0) is 31.2 Å². The van der Waals surface area contributed by atoms with Crippen LogP contribution in [0.1, 0.15) is 27.0 Å². The van der Waals surface area contributed by atoms with Crippen LogP contribution in [0.5, 0.6) is 0 Å². The Labute approximate surface area is 155 Å². The molecule has 3 heteroatoms. The Hall–Kier alpha value is -2.91. The first-order valence-corrected chi connectivity index (χ1v) is 8.92. The molecule has 1 amide bonds.